The first-order chi connectivity index (χ1) is 7.56. The number of anilines is 1. The van der Waals surface area contributed by atoms with Gasteiger partial charge in [-0.1, -0.05) is 0 Å². The van der Waals surface area contributed by atoms with Gasteiger partial charge in [0.25, 0.3) is 0 Å². The molecule has 3 N–H and O–H groups in total. The van der Waals surface area contributed by atoms with Crippen LogP contribution in [-0.4, -0.2) is 39.5 Å². The summed E-state index contributed by atoms with van der Waals surface area (Å²) in [5.74, 6) is -0.118. The molecule has 16 heavy (non-hydrogen) atoms. The van der Waals surface area contributed by atoms with Crippen LogP contribution in [0, 0.1) is 6.92 Å². The summed E-state index contributed by atoms with van der Waals surface area (Å²) in [4.78, 5) is 11.8. The Kier molecular flexibility index (Phi) is 2.93. The fourth-order valence-electron chi connectivity index (χ4n) is 1.86. The second kappa shape index (κ2) is 4.23. The van der Waals surface area contributed by atoms with Gasteiger partial charge in [-0.25, -0.2) is 0 Å². The van der Waals surface area contributed by atoms with Crippen LogP contribution in [0.1, 0.15) is 12.1 Å². The van der Waals surface area contributed by atoms with Crippen LogP contribution in [0.15, 0.2) is 6.20 Å². The highest BCUT2D eigenvalue weighted by Gasteiger charge is 2.28. The summed E-state index contributed by atoms with van der Waals surface area (Å²) in [5.41, 5.74) is 1.50. The summed E-state index contributed by atoms with van der Waals surface area (Å²) < 4.78 is 1.65. The summed E-state index contributed by atoms with van der Waals surface area (Å²) in [6.45, 7) is 2.32. The SMILES string of the molecule is Cc1nn(C)cc1NC(=O)C1CC(O)CN1. The summed E-state index contributed by atoms with van der Waals surface area (Å²) >= 11 is 0. The van der Waals surface area contributed by atoms with E-state index in [9.17, 15) is 9.90 Å². The predicted molar refractivity (Wildman–Crippen MR) is 59.0 cm³/mol. The second-order valence-corrected chi connectivity index (χ2v) is 4.14. The predicted octanol–water partition coefficient (Wildman–Crippen LogP) is -0.610. The van der Waals surface area contributed by atoms with Crippen LogP contribution in [0.4, 0.5) is 5.69 Å². The van der Waals surface area contributed by atoms with E-state index >= 15 is 0 Å². The lowest BCUT2D eigenvalue weighted by molar-refractivity contribution is -0.117. The molecular weight excluding hydrogens is 208 g/mol. The van der Waals surface area contributed by atoms with Crippen LogP contribution in [0.3, 0.4) is 0 Å². The minimum atomic E-state index is -0.425. The lowest BCUT2D eigenvalue weighted by Gasteiger charge is -2.09. The van der Waals surface area contributed by atoms with Crippen LogP contribution in [0.5, 0.6) is 0 Å². The van der Waals surface area contributed by atoms with E-state index in [4.69, 9.17) is 0 Å². The molecular formula is C10H16N4O2. The van der Waals surface area contributed by atoms with Gasteiger partial charge in [-0.2, -0.15) is 5.10 Å². The summed E-state index contributed by atoms with van der Waals surface area (Å²) in [6.07, 6.45) is 1.80. The molecule has 88 valence electrons. The van der Waals surface area contributed by atoms with Gasteiger partial charge < -0.3 is 15.7 Å². The quantitative estimate of drug-likeness (QED) is 0.626. The van der Waals surface area contributed by atoms with Crippen molar-refractivity contribution in [2.45, 2.75) is 25.5 Å². The maximum Gasteiger partial charge on any atom is 0.241 e. The van der Waals surface area contributed by atoms with E-state index in [1.165, 1.54) is 0 Å². The Morgan fingerprint density at radius 1 is 1.75 bits per heavy atom. The number of rotatable bonds is 2. The van der Waals surface area contributed by atoms with Gasteiger partial charge in [-0.15, -0.1) is 0 Å². The molecule has 6 heteroatoms. The highest BCUT2D eigenvalue weighted by atomic mass is 16.3. The van der Waals surface area contributed by atoms with Crippen molar-refractivity contribution in [2.24, 2.45) is 7.05 Å². The van der Waals surface area contributed by atoms with E-state index in [1.54, 1.807) is 17.9 Å². The topological polar surface area (TPSA) is 79.2 Å². The number of aryl methyl sites for hydroxylation is 2. The van der Waals surface area contributed by atoms with E-state index in [-0.39, 0.29) is 11.9 Å². The van der Waals surface area contributed by atoms with Crippen molar-refractivity contribution in [3.05, 3.63) is 11.9 Å². The molecule has 1 aliphatic heterocycles. The highest BCUT2D eigenvalue weighted by Crippen LogP contribution is 2.14. The number of β-amino-alcohol motifs (C(OH)–C–C–N with tert-alkyl or cyclic N) is 1. The van der Waals surface area contributed by atoms with Crippen molar-refractivity contribution in [1.82, 2.24) is 15.1 Å². The van der Waals surface area contributed by atoms with E-state index in [0.717, 1.165) is 11.4 Å². The first-order valence-electron chi connectivity index (χ1n) is 5.29. The van der Waals surface area contributed by atoms with Gasteiger partial charge >= 0.3 is 0 Å². The van der Waals surface area contributed by atoms with Crippen LogP contribution < -0.4 is 10.6 Å². The lowest BCUT2D eigenvalue weighted by atomic mass is 10.2. The average molecular weight is 224 g/mol. The zero-order chi connectivity index (χ0) is 11.7. The van der Waals surface area contributed by atoms with Crippen molar-refractivity contribution >= 4 is 11.6 Å². The first kappa shape index (κ1) is 11.1. The Labute approximate surface area is 93.6 Å². The van der Waals surface area contributed by atoms with Gasteiger partial charge in [0.1, 0.15) is 0 Å². The number of aliphatic hydroxyl groups excluding tert-OH is 1. The lowest BCUT2D eigenvalue weighted by Crippen LogP contribution is -2.35. The third-order valence-electron chi connectivity index (χ3n) is 2.70. The van der Waals surface area contributed by atoms with Crippen molar-refractivity contribution in [1.29, 1.82) is 0 Å². The molecule has 1 amide bonds. The molecule has 1 aromatic rings. The maximum absolute atomic E-state index is 11.8. The van der Waals surface area contributed by atoms with E-state index in [1.807, 2.05) is 6.92 Å². The van der Waals surface area contributed by atoms with Gasteiger partial charge in [0.2, 0.25) is 5.91 Å². The number of nitrogens with one attached hydrogen (secondary N) is 2. The van der Waals surface area contributed by atoms with E-state index in [0.29, 0.717) is 13.0 Å². The Hall–Kier alpha value is -1.40. The van der Waals surface area contributed by atoms with Crippen molar-refractivity contribution < 1.29 is 9.90 Å². The van der Waals surface area contributed by atoms with Gasteiger partial charge in [0.15, 0.2) is 0 Å². The van der Waals surface area contributed by atoms with Gasteiger partial charge in [-0.05, 0) is 13.3 Å². The van der Waals surface area contributed by atoms with Crippen LogP contribution >= 0.6 is 0 Å². The molecule has 0 spiro atoms. The molecule has 1 saturated heterocycles. The second-order valence-electron chi connectivity index (χ2n) is 4.14. The molecule has 0 aliphatic carbocycles. The molecule has 2 rings (SSSR count). The third kappa shape index (κ3) is 2.23. The Bertz CT molecular complexity index is 402. The molecule has 0 bridgehead atoms. The number of aliphatic hydroxyl groups is 1. The fraction of sp³-hybridized carbons (Fsp3) is 0.600. The summed E-state index contributed by atoms with van der Waals surface area (Å²) in [6, 6.07) is -0.311. The molecule has 2 atom stereocenters. The molecule has 0 saturated carbocycles. The van der Waals surface area contributed by atoms with Gasteiger partial charge in [0.05, 0.1) is 23.5 Å². The first-order valence-corrected chi connectivity index (χ1v) is 5.29. The summed E-state index contributed by atoms with van der Waals surface area (Å²) in [5, 5.41) is 19.2. The average Bonchev–Trinajstić information content (AvgIpc) is 2.74. The number of hydrogen-bond acceptors (Lipinski definition) is 4. The smallest absolute Gasteiger partial charge is 0.241 e. The van der Waals surface area contributed by atoms with Crippen molar-refractivity contribution in [3.63, 3.8) is 0 Å². The fourth-order valence-corrected chi connectivity index (χ4v) is 1.86. The molecule has 1 aromatic heterocycles. The van der Waals surface area contributed by atoms with Crippen molar-refractivity contribution in [3.8, 4) is 0 Å². The Morgan fingerprint density at radius 3 is 3.00 bits per heavy atom. The monoisotopic (exact) mass is 224 g/mol. The highest BCUT2D eigenvalue weighted by molar-refractivity contribution is 5.95. The number of hydrogen-bond donors (Lipinski definition) is 3. The molecule has 2 unspecified atom stereocenters. The number of carbonyl (C=O) groups excluding carboxylic acids is 1. The van der Waals surface area contributed by atoms with Crippen LogP contribution in [0.25, 0.3) is 0 Å². The Morgan fingerprint density at radius 2 is 2.50 bits per heavy atom. The number of carbonyl (C=O) groups is 1. The van der Waals surface area contributed by atoms with Crippen LogP contribution in [-0.2, 0) is 11.8 Å². The van der Waals surface area contributed by atoms with Crippen LogP contribution in [0.2, 0.25) is 0 Å². The van der Waals surface area contributed by atoms with Gasteiger partial charge in [-0.3, -0.25) is 9.48 Å². The minimum Gasteiger partial charge on any atom is -0.392 e. The van der Waals surface area contributed by atoms with E-state index in [2.05, 4.69) is 15.7 Å². The molecule has 1 aliphatic rings. The minimum absolute atomic E-state index is 0.118. The molecule has 6 nitrogen and oxygen atoms in total. The maximum atomic E-state index is 11.8. The number of nitrogens with zero attached hydrogens (tertiary/aromatic N) is 2. The van der Waals surface area contributed by atoms with Gasteiger partial charge in [0, 0.05) is 19.8 Å². The largest absolute Gasteiger partial charge is 0.392 e. The zero-order valence-corrected chi connectivity index (χ0v) is 9.40. The Balaban J connectivity index is 1.99. The van der Waals surface area contributed by atoms with Crippen molar-refractivity contribution in [2.75, 3.05) is 11.9 Å². The number of amides is 1. The number of aromatic nitrogens is 2. The molecule has 0 aromatic carbocycles. The van der Waals surface area contributed by atoms with E-state index < -0.39 is 6.10 Å². The molecule has 0 radical (unpaired) electrons. The third-order valence-corrected chi connectivity index (χ3v) is 2.70. The molecule has 1 fully saturated rings. The standard InChI is InChI=1S/C10H16N4O2/c1-6-9(5-14(2)13-6)12-10(16)8-3-7(15)4-11-8/h5,7-8,11,15H,3-4H2,1-2H3,(H,12,16). The zero-order valence-electron chi connectivity index (χ0n) is 9.40. The molecule has 2 heterocycles. The summed E-state index contributed by atoms with van der Waals surface area (Å²) in [7, 11) is 1.81. The normalized spacial score (nSPS) is 24.7.